The van der Waals surface area contributed by atoms with Crippen molar-refractivity contribution in [3.05, 3.63) is 11.6 Å². The molecule has 1 saturated heterocycles. The van der Waals surface area contributed by atoms with Crippen molar-refractivity contribution >= 4 is 59.1 Å². The number of rotatable bonds is 7. The number of carbonyl (C=O) groups is 1. The van der Waals surface area contributed by atoms with Crippen LogP contribution in [0.25, 0.3) is 0 Å². The number of hydrogen-bond donors (Lipinski definition) is 1. The van der Waals surface area contributed by atoms with E-state index >= 15 is 0 Å². The molecule has 1 aliphatic rings. The summed E-state index contributed by atoms with van der Waals surface area (Å²) in [6, 6.07) is 0. The number of aliphatic imine (C=N–C) groups is 1. The van der Waals surface area contributed by atoms with E-state index in [0.29, 0.717) is 19.7 Å². The lowest BCUT2D eigenvalue weighted by Gasteiger charge is -2.35. The normalized spacial score (nSPS) is 14.8. The van der Waals surface area contributed by atoms with E-state index in [2.05, 4.69) is 22.1 Å². The Morgan fingerprint density at radius 3 is 2.69 bits per heavy atom. The van der Waals surface area contributed by atoms with Gasteiger partial charge in [0.05, 0.1) is 6.61 Å². The van der Waals surface area contributed by atoms with Crippen molar-refractivity contribution in [1.29, 1.82) is 0 Å². The van der Waals surface area contributed by atoms with E-state index in [9.17, 15) is 4.79 Å². The summed E-state index contributed by atoms with van der Waals surface area (Å²) in [5, 5.41) is 5.35. The van der Waals surface area contributed by atoms with E-state index in [4.69, 9.17) is 9.73 Å². The predicted octanol–water partition coefficient (Wildman–Crippen LogP) is 2.98. The smallest absolute Gasteiger partial charge is 0.409 e. The third-order valence-corrected chi connectivity index (χ3v) is 5.69. The Hall–Kier alpha value is -0.750. The third-order valence-electron chi connectivity index (χ3n) is 3.64. The Morgan fingerprint density at radius 1 is 1.35 bits per heavy atom. The summed E-state index contributed by atoms with van der Waals surface area (Å²) in [6.45, 7) is 8.84. The maximum atomic E-state index is 11.8. The molecule has 0 radical (unpaired) electrons. The SMILES string of the molecule is CCNC(=NCCCSc1nccs1)N1CCN(C(=O)OCC)CC1.I. The van der Waals surface area contributed by atoms with Gasteiger partial charge in [-0.2, -0.15) is 0 Å². The molecule has 7 nitrogen and oxygen atoms in total. The zero-order valence-corrected chi connectivity index (χ0v) is 19.3. The van der Waals surface area contributed by atoms with Gasteiger partial charge in [-0.15, -0.1) is 35.3 Å². The molecule has 10 heteroatoms. The fourth-order valence-corrected chi connectivity index (χ4v) is 4.06. The van der Waals surface area contributed by atoms with Crippen LogP contribution in [0.4, 0.5) is 4.79 Å². The molecule has 0 spiro atoms. The summed E-state index contributed by atoms with van der Waals surface area (Å²) in [6.07, 6.45) is 2.63. The van der Waals surface area contributed by atoms with E-state index in [1.165, 1.54) is 0 Å². The van der Waals surface area contributed by atoms with Crippen LogP contribution in [0.1, 0.15) is 20.3 Å². The molecule has 1 amide bonds. The van der Waals surface area contributed by atoms with Gasteiger partial charge in [-0.25, -0.2) is 9.78 Å². The molecular weight excluding hydrogens is 485 g/mol. The summed E-state index contributed by atoms with van der Waals surface area (Å²) >= 11 is 3.46. The lowest BCUT2D eigenvalue weighted by molar-refractivity contribution is 0.0914. The molecule has 2 rings (SSSR count). The molecule has 1 aromatic rings. The van der Waals surface area contributed by atoms with Crippen LogP contribution in [0.5, 0.6) is 0 Å². The van der Waals surface area contributed by atoms with Gasteiger partial charge in [0.2, 0.25) is 0 Å². The number of nitrogens with zero attached hydrogens (tertiary/aromatic N) is 4. The Balaban J connectivity index is 0.00000338. The molecule has 1 aliphatic heterocycles. The molecule has 26 heavy (non-hydrogen) atoms. The molecule has 0 bridgehead atoms. The molecular formula is C16H28IN5O2S2. The highest BCUT2D eigenvalue weighted by Gasteiger charge is 2.23. The molecule has 1 aromatic heterocycles. The van der Waals surface area contributed by atoms with Crippen molar-refractivity contribution < 1.29 is 9.53 Å². The number of nitrogens with one attached hydrogen (secondary N) is 1. The van der Waals surface area contributed by atoms with Crippen LogP contribution < -0.4 is 5.32 Å². The quantitative estimate of drug-likeness (QED) is 0.199. The van der Waals surface area contributed by atoms with Crippen molar-refractivity contribution in [3.63, 3.8) is 0 Å². The molecule has 1 fully saturated rings. The second-order valence-corrected chi connectivity index (χ2v) is 7.65. The number of thiazole rings is 1. The highest BCUT2D eigenvalue weighted by Crippen LogP contribution is 2.20. The van der Waals surface area contributed by atoms with Crippen molar-refractivity contribution in [1.82, 2.24) is 20.1 Å². The van der Waals surface area contributed by atoms with Gasteiger partial charge in [0, 0.05) is 56.6 Å². The molecule has 2 heterocycles. The Kier molecular flexibility index (Phi) is 12.0. The first-order valence-electron chi connectivity index (χ1n) is 8.71. The number of amides is 1. The second kappa shape index (κ2) is 13.4. The van der Waals surface area contributed by atoms with Crippen molar-refractivity contribution in [2.75, 3.05) is 51.6 Å². The first-order valence-corrected chi connectivity index (χ1v) is 10.6. The molecule has 0 unspecified atom stereocenters. The molecule has 0 saturated carbocycles. The van der Waals surface area contributed by atoms with E-state index in [1.54, 1.807) is 28.0 Å². The molecule has 0 aromatic carbocycles. The van der Waals surface area contributed by atoms with Crippen LogP contribution in [-0.4, -0.2) is 78.5 Å². The van der Waals surface area contributed by atoms with Gasteiger partial charge in [0.1, 0.15) is 4.34 Å². The van der Waals surface area contributed by atoms with Crippen LogP contribution in [0, 0.1) is 0 Å². The van der Waals surface area contributed by atoms with Crippen LogP contribution in [0.15, 0.2) is 20.9 Å². The van der Waals surface area contributed by atoms with Gasteiger partial charge in [-0.1, -0.05) is 11.8 Å². The average Bonchev–Trinajstić information content (AvgIpc) is 3.14. The number of guanidine groups is 1. The summed E-state index contributed by atoms with van der Waals surface area (Å²) < 4.78 is 6.18. The van der Waals surface area contributed by atoms with Crippen LogP contribution in [0.2, 0.25) is 0 Å². The predicted molar refractivity (Wildman–Crippen MR) is 119 cm³/mol. The minimum atomic E-state index is -0.219. The maximum Gasteiger partial charge on any atom is 0.409 e. The van der Waals surface area contributed by atoms with E-state index in [0.717, 1.165) is 48.7 Å². The van der Waals surface area contributed by atoms with E-state index < -0.39 is 0 Å². The lowest BCUT2D eigenvalue weighted by Crippen LogP contribution is -2.53. The highest BCUT2D eigenvalue weighted by atomic mass is 127. The minimum absolute atomic E-state index is 0. The number of piperazine rings is 1. The van der Waals surface area contributed by atoms with E-state index in [1.807, 2.05) is 18.5 Å². The van der Waals surface area contributed by atoms with Gasteiger partial charge in [0.15, 0.2) is 5.96 Å². The van der Waals surface area contributed by atoms with Crippen LogP contribution >= 0.6 is 47.1 Å². The van der Waals surface area contributed by atoms with Crippen molar-refractivity contribution in [2.45, 2.75) is 24.6 Å². The topological polar surface area (TPSA) is 70.1 Å². The number of aromatic nitrogens is 1. The fraction of sp³-hybridized carbons (Fsp3) is 0.688. The van der Waals surface area contributed by atoms with Crippen molar-refractivity contribution in [2.24, 2.45) is 4.99 Å². The monoisotopic (exact) mass is 513 g/mol. The molecule has 148 valence electrons. The standard InChI is InChI=1S/C16H27N5O2S2.HI/c1-3-17-14(18-6-5-12-24-15-19-7-13-25-15)20-8-10-21(11-9-20)16(22)23-4-2;/h7,13H,3-6,8-12H2,1-2H3,(H,17,18);1H. The number of thioether (sulfide) groups is 1. The van der Waals surface area contributed by atoms with Gasteiger partial charge in [0.25, 0.3) is 0 Å². The minimum Gasteiger partial charge on any atom is -0.450 e. The summed E-state index contributed by atoms with van der Waals surface area (Å²) in [5.41, 5.74) is 0. The van der Waals surface area contributed by atoms with Crippen LogP contribution in [-0.2, 0) is 4.74 Å². The number of ether oxygens (including phenoxy) is 1. The van der Waals surface area contributed by atoms with E-state index in [-0.39, 0.29) is 30.1 Å². The zero-order chi connectivity index (χ0) is 17.9. The van der Waals surface area contributed by atoms with Crippen molar-refractivity contribution in [3.8, 4) is 0 Å². The van der Waals surface area contributed by atoms with Gasteiger partial charge in [-0.3, -0.25) is 4.99 Å². The first-order chi connectivity index (χ1) is 12.2. The van der Waals surface area contributed by atoms with Crippen LogP contribution in [0.3, 0.4) is 0 Å². The Bertz CT molecular complexity index is 537. The first kappa shape index (κ1) is 23.3. The number of halogens is 1. The zero-order valence-electron chi connectivity index (χ0n) is 15.3. The average molecular weight is 513 g/mol. The molecule has 1 N–H and O–H groups in total. The molecule has 0 atom stereocenters. The summed E-state index contributed by atoms with van der Waals surface area (Å²) in [4.78, 5) is 24.7. The lowest BCUT2D eigenvalue weighted by atomic mass is 10.3. The fourth-order valence-electron chi connectivity index (χ4n) is 2.43. The van der Waals surface area contributed by atoms with Gasteiger partial charge >= 0.3 is 6.09 Å². The second-order valence-electron chi connectivity index (χ2n) is 5.41. The third kappa shape index (κ3) is 7.87. The summed E-state index contributed by atoms with van der Waals surface area (Å²) in [7, 11) is 0. The summed E-state index contributed by atoms with van der Waals surface area (Å²) in [5.74, 6) is 1.96. The Morgan fingerprint density at radius 2 is 2.08 bits per heavy atom. The number of carbonyl (C=O) groups excluding carboxylic acids is 1. The number of hydrogen-bond acceptors (Lipinski definition) is 6. The Labute approximate surface area is 181 Å². The largest absolute Gasteiger partial charge is 0.450 e. The maximum absolute atomic E-state index is 11.8. The molecule has 0 aliphatic carbocycles. The van der Waals surface area contributed by atoms with Gasteiger partial charge < -0.3 is 19.9 Å². The van der Waals surface area contributed by atoms with Gasteiger partial charge in [-0.05, 0) is 20.3 Å². The highest BCUT2D eigenvalue weighted by molar-refractivity contribution is 14.0.